The van der Waals surface area contributed by atoms with Gasteiger partial charge in [0.2, 0.25) is 5.91 Å². The van der Waals surface area contributed by atoms with E-state index in [9.17, 15) is 4.79 Å². The summed E-state index contributed by atoms with van der Waals surface area (Å²) < 4.78 is 2.16. The fraction of sp³-hybridized carbons (Fsp3) is 0.500. The van der Waals surface area contributed by atoms with Gasteiger partial charge in [-0.05, 0) is 30.0 Å². The van der Waals surface area contributed by atoms with Gasteiger partial charge in [-0.1, -0.05) is 37.6 Å². The molecule has 126 valence electrons. The van der Waals surface area contributed by atoms with Crippen molar-refractivity contribution in [3.63, 3.8) is 0 Å². The number of amides is 1. The number of fused-ring (bicyclic) bond motifs is 1. The second kappa shape index (κ2) is 5.88. The first kappa shape index (κ1) is 15.6. The molecule has 0 saturated heterocycles. The monoisotopic (exact) mass is 344 g/mol. The van der Waals surface area contributed by atoms with E-state index >= 15 is 0 Å². The molecule has 1 aliphatic carbocycles. The Morgan fingerprint density at radius 3 is 2.88 bits per heavy atom. The Hall–Kier alpha value is -1.88. The van der Waals surface area contributed by atoms with Crippen LogP contribution in [0.15, 0.2) is 24.3 Å². The van der Waals surface area contributed by atoms with Crippen LogP contribution in [0.2, 0.25) is 5.02 Å². The first-order chi connectivity index (χ1) is 11.5. The summed E-state index contributed by atoms with van der Waals surface area (Å²) in [6.07, 6.45) is 0.916. The molecule has 2 aliphatic rings. The first-order valence-corrected chi connectivity index (χ1v) is 8.88. The van der Waals surface area contributed by atoms with Crippen LogP contribution in [0.1, 0.15) is 49.3 Å². The second-order valence-electron chi connectivity index (χ2n) is 7.04. The number of aromatic nitrogens is 3. The third-order valence-corrected chi connectivity index (χ3v) is 5.23. The lowest BCUT2D eigenvalue weighted by molar-refractivity contribution is -0.134. The lowest BCUT2D eigenvalue weighted by Gasteiger charge is -2.28. The number of carbonyl (C=O) groups excluding carboxylic acids is 1. The topological polar surface area (TPSA) is 51.0 Å². The van der Waals surface area contributed by atoms with Gasteiger partial charge in [0.1, 0.15) is 5.82 Å². The van der Waals surface area contributed by atoms with Gasteiger partial charge in [-0.2, -0.15) is 0 Å². The Balaban J connectivity index is 1.45. The van der Waals surface area contributed by atoms with Gasteiger partial charge in [-0.25, -0.2) is 0 Å². The summed E-state index contributed by atoms with van der Waals surface area (Å²) in [6.45, 7) is 6.33. The number of carbonyl (C=O) groups is 1. The standard InChI is InChI=1S/C18H21ClN4O/c1-11(2)17-21-20-16-10-22(6-7-23(16)17)18(24)15-9-14(15)12-4-3-5-13(19)8-12/h3-5,8,11,14-15H,6-7,9-10H2,1-2H3. The number of hydrogen-bond acceptors (Lipinski definition) is 3. The summed E-state index contributed by atoms with van der Waals surface area (Å²) in [5.41, 5.74) is 1.17. The van der Waals surface area contributed by atoms with Crippen LogP contribution >= 0.6 is 11.6 Å². The van der Waals surface area contributed by atoms with E-state index in [2.05, 4.69) is 34.7 Å². The molecule has 1 fully saturated rings. The average Bonchev–Trinajstić information content (AvgIpc) is 3.25. The molecule has 1 aliphatic heterocycles. The predicted octanol–water partition coefficient (Wildman–Crippen LogP) is 3.20. The largest absolute Gasteiger partial charge is 0.333 e. The lowest BCUT2D eigenvalue weighted by atomic mass is 10.1. The van der Waals surface area contributed by atoms with E-state index in [1.807, 2.05) is 23.1 Å². The number of halogens is 1. The Bertz CT molecular complexity index is 785. The van der Waals surface area contributed by atoms with Gasteiger partial charge in [0.05, 0.1) is 6.54 Å². The molecule has 1 aromatic carbocycles. The van der Waals surface area contributed by atoms with Crippen molar-refractivity contribution in [3.8, 4) is 0 Å². The van der Waals surface area contributed by atoms with E-state index in [4.69, 9.17) is 11.6 Å². The fourth-order valence-corrected chi connectivity index (χ4v) is 3.80. The van der Waals surface area contributed by atoms with Crippen molar-refractivity contribution in [2.24, 2.45) is 5.92 Å². The Kier molecular flexibility index (Phi) is 3.83. The Morgan fingerprint density at radius 2 is 2.12 bits per heavy atom. The summed E-state index contributed by atoms with van der Waals surface area (Å²) in [5, 5.41) is 9.30. The average molecular weight is 345 g/mol. The molecular formula is C18H21ClN4O. The molecular weight excluding hydrogens is 324 g/mol. The highest BCUT2D eigenvalue weighted by Crippen LogP contribution is 2.49. The highest BCUT2D eigenvalue weighted by atomic mass is 35.5. The number of hydrogen-bond donors (Lipinski definition) is 0. The van der Waals surface area contributed by atoms with Crippen molar-refractivity contribution >= 4 is 17.5 Å². The van der Waals surface area contributed by atoms with Crippen LogP contribution in [0.3, 0.4) is 0 Å². The molecule has 0 radical (unpaired) electrons. The van der Waals surface area contributed by atoms with E-state index in [0.29, 0.717) is 18.4 Å². The van der Waals surface area contributed by atoms with Crippen molar-refractivity contribution < 1.29 is 4.79 Å². The van der Waals surface area contributed by atoms with Crippen LogP contribution < -0.4 is 0 Å². The molecule has 2 atom stereocenters. The number of rotatable bonds is 3. The van der Waals surface area contributed by atoms with Gasteiger partial charge in [-0.3, -0.25) is 4.79 Å². The third-order valence-electron chi connectivity index (χ3n) is 4.99. The first-order valence-electron chi connectivity index (χ1n) is 8.51. The zero-order valence-electron chi connectivity index (χ0n) is 13.9. The second-order valence-corrected chi connectivity index (χ2v) is 7.48. The molecule has 1 aromatic heterocycles. The summed E-state index contributed by atoms with van der Waals surface area (Å²) in [6, 6.07) is 7.86. The smallest absolute Gasteiger partial charge is 0.226 e. The van der Waals surface area contributed by atoms with Crippen LogP contribution in [-0.4, -0.2) is 32.1 Å². The Labute approximate surface area is 146 Å². The maximum absolute atomic E-state index is 12.8. The predicted molar refractivity (Wildman–Crippen MR) is 91.8 cm³/mol. The van der Waals surface area contributed by atoms with E-state index in [0.717, 1.165) is 36.2 Å². The Morgan fingerprint density at radius 1 is 1.29 bits per heavy atom. The SMILES string of the molecule is CC(C)c1nnc2n1CCN(C(=O)C1CC1c1cccc(Cl)c1)C2. The van der Waals surface area contributed by atoms with Crippen LogP contribution in [0.25, 0.3) is 0 Å². The molecule has 0 N–H and O–H groups in total. The minimum Gasteiger partial charge on any atom is -0.333 e. The number of nitrogens with zero attached hydrogens (tertiary/aromatic N) is 4. The van der Waals surface area contributed by atoms with Crippen LogP contribution in [0.4, 0.5) is 0 Å². The van der Waals surface area contributed by atoms with Crippen LogP contribution in [0.5, 0.6) is 0 Å². The summed E-state index contributed by atoms with van der Waals surface area (Å²) in [7, 11) is 0. The number of benzene rings is 1. The maximum atomic E-state index is 12.8. The summed E-state index contributed by atoms with van der Waals surface area (Å²) in [4.78, 5) is 14.7. The normalized spacial score (nSPS) is 22.6. The zero-order valence-corrected chi connectivity index (χ0v) is 14.7. The minimum absolute atomic E-state index is 0.0857. The molecule has 0 bridgehead atoms. The molecule has 24 heavy (non-hydrogen) atoms. The zero-order chi connectivity index (χ0) is 16.8. The van der Waals surface area contributed by atoms with Crippen molar-refractivity contribution in [2.45, 2.75) is 45.2 Å². The quantitative estimate of drug-likeness (QED) is 0.859. The minimum atomic E-state index is 0.0857. The third kappa shape index (κ3) is 2.71. The van der Waals surface area contributed by atoms with Gasteiger partial charge in [0, 0.05) is 29.9 Å². The molecule has 2 unspecified atom stereocenters. The van der Waals surface area contributed by atoms with Crippen LogP contribution in [-0.2, 0) is 17.9 Å². The molecule has 1 amide bonds. The molecule has 4 rings (SSSR count). The molecule has 2 heterocycles. The summed E-state index contributed by atoms with van der Waals surface area (Å²) >= 11 is 6.06. The van der Waals surface area contributed by atoms with Crippen molar-refractivity contribution in [1.29, 1.82) is 0 Å². The van der Waals surface area contributed by atoms with Gasteiger partial charge in [0.25, 0.3) is 0 Å². The molecule has 6 heteroatoms. The maximum Gasteiger partial charge on any atom is 0.226 e. The molecule has 2 aromatic rings. The van der Waals surface area contributed by atoms with Crippen molar-refractivity contribution in [1.82, 2.24) is 19.7 Å². The molecule has 0 spiro atoms. The fourth-order valence-electron chi connectivity index (χ4n) is 3.60. The van der Waals surface area contributed by atoms with E-state index in [-0.39, 0.29) is 11.8 Å². The van der Waals surface area contributed by atoms with Crippen molar-refractivity contribution in [3.05, 3.63) is 46.5 Å². The van der Waals surface area contributed by atoms with Gasteiger partial charge < -0.3 is 9.47 Å². The highest BCUT2D eigenvalue weighted by molar-refractivity contribution is 6.30. The van der Waals surface area contributed by atoms with Gasteiger partial charge >= 0.3 is 0 Å². The van der Waals surface area contributed by atoms with Gasteiger partial charge in [0.15, 0.2) is 5.82 Å². The molecule has 5 nitrogen and oxygen atoms in total. The van der Waals surface area contributed by atoms with Crippen LogP contribution in [0, 0.1) is 5.92 Å². The summed E-state index contributed by atoms with van der Waals surface area (Å²) in [5.74, 6) is 2.90. The van der Waals surface area contributed by atoms with E-state index < -0.39 is 0 Å². The lowest BCUT2D eigenvalue weighted by Crippen LogP contribution is -2.39. The van der Waals surface area contributed by atoms with Gasteiger partial charge in [-0.15, -0.1) is 10.2 Å². The van der Waals surface area contributed by atoms with Crippen molar-refractivity contribution in [2.75, 3.05) is 6.54 Å². The molecule has 1 saturated carbocycles. The highest BCUT2D eigenvalue weighted by Gasteiger charge is 2.46. The van der Waals surface area contributed by atoms with E-state index in [1.54, 1.807) is 0 Å². The van der Waals surface area contributed by atoms with E-state index in [1.165, 1.54) is 5.56 Å².